The molecule has 0 aliphatic rings. The van der Waals surface area contributed by atoms with Crippen LogP contribution in [0, 0.1) is 5.41 Å². The van der Waals surface area contributed by atoms with Gasteiger partial charge in [-0.15, -0.1) is 11.6 Å². The second-order valence-electron chi connectivity index (χ2n) is 4.18. The Bertz CT molecular complexity index is 358. The Morgan fingerprint density at radius 1 is 1.31 bits per heavy atom. The maximum Gasteiger partial charge on any atom is 0.156 e. The van der Waals surface area contributed by atoms with Gasteiger partial charge in [0.15, 0.2) is 5.78 Å². The highest BCUT2D eigenvalue weighted by Gasteiger charge is 2.27. The summed E-state index contributed by atoms with van der Waals surface area (Å²) in [5.41, 5.74) is -0.568. The number of carbonyl (C=O) groups excluding carboxylic acids is 1. The van der Waals surface area contributed by atoms with Crippen molar-refractivity contribution in [1.29, 1.82) is 0 Å². The molecular formula is C12H14Cl2O2. The topological polar surface area (TPSA) is 26.3 Å². The molecule has 0 spiro atoms. The normalized spacial score (nSPS) is 11.2. The molecule has 2 nitrogen and oxygen atoms in total. The Kier molecular flexibility index (Phi) is 4.63. The van der Waals surface area contributed by atoms with Gasteiger partial charge in [0, 0.05) is 5.02 Å². The van der Waals surface area contributed by atoms with Crippen molar-refractivity contribution >= 4 is 29.0 Å². The minimum atomic E-state index is -0.568. The zero-order valence-electron chi connectivity index (χ0n) is 9.30. The first kappa shape index (κ1) is 13.3. The van der Waals surface area contributed by atoms with Crippen LogP contribution in [0.2, 0.25) is 5.02 Å². The molecule has 0 N–H and O–H groups in total. The van der Waals surface area contributed by atoms with Crippen molar-refractivity contribution in [2.45, 2.75) is 13.8 Å². The van der Waals surface area contributed by atoms with Crippen molar-refractivity contribution in [3.8, 4) is 5.75 Å². The molecule has 0 bridgehead atoms. The lowest BCUT2D eigenvalue weighted by molar-refractivity contribution is -0.125. The molecule has 0 atom stereocenters. The summed E-state index contributed by atoms with van der Waals surface area (Å²) >= 11 is 11.3. The van der Waals surface area contributed by atoms with Gasteiger partial charge in [-0.05, 0) is 38.1 Å². The predicted octanol–water partition coefficient (Wildman–Crippen LogP) is 3.55. The van der Waals surface area contributed by atoms with Crippen LogP contribution >= 0.6 is 23.2 Å². The van der Waals surface area contributed by atoms with Crippen LogP contribution in [0.25, 0.3) is 0 Å². The molecule has 0 aliphatic heterocycles. The van der Waals surface area contributed by atoms with Crippen LogP contribution in [0.5, 0.6) is 5.75 Å². The average Bonchev–Trinajstić information content (AvgIpc) is 2.27. The van der Waals surface area contributed by atoms with Gasteiger partial charge in [0.25, 0.3) is 0 Å². The van der Waals surface area contributed by atoms with E-state index in [1.54, 1.807) is 24.3 Å². The van der Waals surface area contributed by atoms with Gasteiger partial charge in [0.05, 0.1) is 11.3 Å². The molecule has 0 unspecified atom stereocenters. The van der Waals surface area contributed by atoms with E-state index in [1.807, 2.05) is 13.8 Å². The van der Waals surface area contributed by atoms with Crippen molar-refractivity contribution in [3.63, 3.8) is 0 Å². The molecule has 0 aliphatic carbocycles. The van der Waals surface area contributed by atoms with Gasteiger partial charge in [0.2, 0.25) is 0 Å². The molecule has 88 valence electrons. The lowest BCUT2D eigenvalue weighted by atomic mass is 9.90. The van der Waals surface area contributed by atoms with Gasteiger partial charge < -0.3 is 4.74 Å². The van der Waals surface area contributed by atoms with Crippen LogP contribution in [0.4, 0.5) is 0 Å². The summed E-state index contributed by atoms with van der Waals surface area (Å²) in [5, 5.41) is 0.656. The van der Waals surface area contributed by atoms with E-state index < -0.39 is 5.41 Å². The maximum absolute atomic E-state index is 11.5. The van der Waals surface area contributed by atoms with Crippen molar-refractivity contribution in [2.75, 3.05) is 12.5 Å². The fraction of sp³-hybridized carbons (Fsp3) is 0.417. The molecule has 0 saturated carbocycles. The SMILES string of the molecule is CC(C)(COc1ccc(Cl)cc1)C(=O)CCl. The average molecular weight is 261 g/mol. The lowest BCUT2D eigenvalue weighted by Crippen LogP contribution is -2.32. The zero-order valence-corrected chi connectivity index (χ0v) is 10.8. The molecule has 0 heterocycles. The highest BCUT2D eigenvalue weighted by molar-refractivity contribution is 6.30. The molecule has 0 amide bonds. The van der Waals surface area contributed by atoms with Crippen molar-refractivity contribution in [3.05, 3.63) is 29.3 Å². The van der Waals surface area contributed by atoms with E-state index in [0.29, 0.717) is 17.4 Å². The van der Waals surface area contributed by atoms with Crippen molar-refractivity contribution in [2.24, 2.45) is 5.41 Å². The zero-order chi connectivity index (χ0) is 12.2. The minimum absolute atomic E-state index is 0.0109. The molecule has 4 heteroatoms. The number of carbonyl (C=O) groups is 1. The molecule has 16 heavy (non-hydrogen) atoms. The molecular weight excluding hydrogens is 247 g/mol. The summed E-state index contributed by atoms with van der Waals surface area (Å²) in [6, 6.07) is 7.02. The molecule has 0 radical (unpaired) electrons. The number of benzene rings is 1. The fourth-order valence-electron chi connectivity index (χ4n) is 1.06. The number of ether oxygens (including phenoxy) is 1. The number of ketones is 1. The highest BCUT2D eigenvalue weighted by Crippen LogP contribution is 2.21. The summed E-state index contributed by atoms with van der Waals surface area (Å²) in [6.07, 6.45) is 0. The quantitative estimate of drug-likeness (QED) is 0.757. The predicted molar refractivity (Wildman–Crippen MR) is 66.5 cm³/mol. The van der Waals surface area contributed by atoms with Crippen molar-refractivity contribution in [1.82, 2.24) is 0 Å². The minimum Gasteiger partial charge on any atom is -0.493 e. The second-order valence-corrected chi connectivity index (χ2v) is 4.89. The summed E-state index contributed by atoms with van der Waals surface area (Å²) in [5.74, 6) is 0.680. The smallest absolute Gasteiger partial charge is 0.156 e. The molecule has 0 aromatic heterocycles. The Morgan fingerprint density at radius 3 is 2.38 bits per heavy atom. The van der Waals surface area contributed by atoms with Crippen LogP contribution < -0.4 is 4.74 Å². The van der Waals surface area contributed by atoms with Crippen LogP contribution in [-0.4, -0.2) is 18.3 Å². The number of rotatable bonds is 5. The van der Waals surface area contributed by atoms with E-state index in [0.717, 1.165) is 0 Å². The number of hydrogen-bond donors (Lipinski definition) is 0. The fourth-order valence-corrected chi connectivity index (χ4v) is 1.54. The number of alkyl halides is 1. The van der Waals surface area contributed by atoms with E-state index in [-0.39, 0.29) is 11.7 Å². The highest BCUT2D eigenvalue weighted by atomic mass is 35.5. The Hall–Kier alpha value is -0.730. The third-order valence-electron chi connectivity index (χ3n) is 2.29. The molecule has 1 aromatic rings. The van der Waals surface area contributed by atoms with Gasteiger partial charge in [-0.25, -0.2) is 0 Å². The number of halogens is 2. The van der Waals surface area contributed by atoms with Gasteiger partial charge in [-0.3, -0.25) is 4.79 Å². The standard InChI is InChI=1S/C12H14Cl2O2/c1-12(2,11(15)7-13)8-16-10-5-3-9(14)4-6-10/h3-6H,7-8H2,1-2H3. The summed E-state index contributed by atoms with van der Waals surface area (Å²) in [4.78, 5) is 11.5. The monoisotopic (exact) mass is 260 g/mol. The molecule has 1 rings (SSSR count). The first-order chi connectivity index (χ1) is 7.45. The largest absolute Gasteiger partial charge is 0.493 e. The first-order valence-corrected chi connectivity index (χ1v) is 5.84. The van der Waals surface area contributed by atoms with E-state index in [1.165, 1.54) is 0 Å². The molecule has 0 fully saturated rings. The number of Topliss-reactive ketones (excluding diaryl/α,β-unsaturated/α-hetero) is 1. The van der Waals surface area contributed by atoms with E-state index >= 15 is 0 Å². The second kappa shape index (κ2) is 5.55. The van der Waals surface area contributed by atoms with Crippen LogP contribution in [0.1, 0.15) is 13.8 Å². The third kappa shape index (κ3) is 3.69. The van der Waals surface area contributed by atoms with Gasteiger partial charge >= 0.3 is 0 Å². The third-order valence-corrected chi connectivity index (χ3v) is 2.78. The Labute approximate surface area is 106 Å². The lowest BCUT2D eigenvalue weighted by Gasteiger charge is -2.22. The van der Waals surface area contributed by atoms with Gasteiger partial charge in [-0.1, -0.05) is 11.6 Å². The van der Waals surface area contributed by atoms with E-state index in [4.69, 9.17) is 27.9 Å². The van der Waals surface area contributed by atoms with Crippen LogP contribution in [0.15, 0.2) is 24.3 Å². The Morgan fingerprint density at radius 2 is 1.88 bits per heavy atom. The summed E-state index contributed by atoms with van der Waals surface area (Å²) < 4.78 is 5.51. The Balaban J connectivity index is 2.57. The van der Waals surface area contributed by atoms with Gasteiger partial charge in [0.1, 0.15) is 12.4 Å². The molecule has 0 saturated heterocycles. The van der Waals surface area contributed by atoms with Gasteiger partial charge in [-0.2, -0.15) is 0 Å². The first-order valence-electron chi connectivity index (χ1n) is 4.93. The van der Waals surface area contributed by atoms with Crippen molar-refractivity contribution < 1.29 is 9.53 Å². The maximum atomic E-state index is 11.5. The molecule has 1 aromatic carbocycles. The summed E-state index contributed by atoms with van der Waals surface area (Å²) in [6.45, 7) is 3.93. The van der Waals surface area contributed by atoms with Crippen LogP contribution in [-0.2, 0) is 4.79 Å². The van der Waals surface area contributed by atoms with E-state index in [2.05, 4.69) is 0 Å². The van der Waals surface area contributed by atoms with Crippen LogP contribution in [0.3, 0.4) is 0 Å². The number of hydrogen-bond acceptors (Lipinski definition) is 2. The summed E-state index contributed by atoms with van der Waals surface area (Å²) in [7, 11) is 0. The van der Waals surface area contributed by atoms with E-state index in [9.17, 15) is 4.79 Å².